The minimum Gasteiger partial charge on any atom is -0.477 e. The van der Waals surface area contributed by atoms with Crippen LogP contribution in [0.3, 0.4) is 0 Å². The third kappa shape index (κ3) is 2.53. The Kier molecular flexibility index (Phi) is 3.55. The van der Waals surface area contributed by atoms with E-state index in [1.165, 1.54) is 0 Å². The van der Waals surface area contributed by atoms with Crippen molar-refractivity contribution in [1.82, 2.24) is 20.4 Å². The third-order valence-corrected chi connectivity index (χ3v) is 2.86. The molecule has 0 bridgehead atoms. The van der Waals surface area contributed by atoms with Crippen molar-refractivity contribution in [3.63, 3.8) is 0 Å². The molecule has 3 N–H and O–H groups in total. The molecule has 8 heteroatoms. The topological polar surface area (TPSA) is 121 Å². The number of nitrogens with one attached hydrogen (secondary N) is 2. The molecule has 0 aliphatic rings. The van der Waals surface area contributed by atoms with Crippen molar-refractivity contribution in [2.45, 2.75) is 27.3 Å². The normalized spacial score (nSPS) is 10.6. The lowest BCUT2D eigenvalue weighted by molar-refractivity contribution is 0.0690. The summed E-state index contributed by atoms with van der Waals surface area (Å²) in [7, 11) is 0. The zero-order valence-corrected chi connectivity index (χ0v) is 11.3. The van der Waals surface area contributed by atoms with Gasteiger partial charge >= 0.3 is 5.97 Å². The molecule has 2 aromatic rings. The number of aromatic carboxylic acids is 1. The number of aromatic nitrogens is 3. The van der Waals surface area contributed by atoms with Crippen molar-refractivity contribution < 1.29 is 19.2 Å². The van der Waals surface area contributed by atoms with Crippen molar-refractivity contribution in [2.75, 3.05) is 0 Å². The lowest BCUT2D eigenvalue weighted by Crippen LogP contribution is -2.24. The van der Waals surface area contributed by atoms with Crippen LogP contribution in [-0.2, 0) is 6.54 Å². The van der Waals surface area contributed by atoms with Crippen LogP contribution in [0.15, 0.2) is 4.52 Å². The minimum atomic E-state index is -1.10. The fraction of sp³-hybridized carbons (Fsp3) is 0.333. The van der Waals surface area contributed by atoms with E-state index in [1.807, 2.05) is 0 Å². The summed E-state index contributed by atoms with van der Waals surface area (Å²) in [4.78, 5) is 29.7. The van der Waals surface area contributed by atoms with Crippen LogP contribution in [0.4, 0.5) is 0 Å². The highest BCUT2D eigenvalue weighted by Crippen LogP contribution is 2.17. The Labute approximate surface area is 114 Å². The maximum Gasteiger partial charge on any atom is 0.352 e. The molecule has 0 radical (unpaired) electrons. The Bertz CT molecular complexity index is 671. The van der Waals surface area contributed by atoms with E-state index >= 15 is 0 Å². The van der Waals surface area contributed by atoms with Crippen LogP contribution in [0, 0.1) is 20.8 Å². The van der Waals surface area contributed by atoms with Crippen molar-refractivity contribution >= 4 is 11.9 Å². The van der Waals surface area contributed by atoms with Gasteiger partial charge in [0.25, 0.3) is 5.91 Å². The van der Waals surface area contributed by atoms with E-state index in [2.05, 4.69) is 20.4 Å². The summed E-state index contributed by atoms with van der Waals surface area (Å²) >= 11 is 0. The number of aryl methyl sites for hydroxylation is 2. The fourth-order valence-corrected chi connectivity index (χ4v) is 1.97. The summed E-state index contributed by atoms with van der Waals surface area (Å²) in [6, 6.07) is 0. The van der Waals surface area contributed by atoms with Gasteiger partial charge in [0.15, 0.2) is 5.82 Å². The highest BCUT2D eigenvalue weighted by atomic mass is 16.5. The second kappa shape index (κ2) is 5.16. The zero-order chi connectivity index (χ0) is 14.9. The first-order valence-electron chi connectivity index (χ1n) is 5.90. The first kappa shape index (κ1) is 13.8. The van der Waals surface area contributed by atoms with Crippen molar-refractivity contribution in [3.05, 3.63) is 34.2 Å². The van der Waals surface area contributed by atoms with Gasteiger partial charge in [-0.15, -0.1) is 0 Å². The third-order valence-electron chi connectivity index (χ3n) is 2.86. The van der Waals surface area contributed by atoms with Crippen LogP contribution >= 0.6 is 0 Å². The summed E-state index contributed by atoms with van der Waals surface area (Å²) in [5, 5.41) is 15.3. The van der Waals surface area contributed by atoms with E-state index < -0.39 is 5.97 Å². The molecular weight excluding hydrogens is 264 g/mol. The number of carboxylic acid groups (broad SMARTS) is 1. The second-order valence-electron chi connectivity index (χ2n) is 4.34. The van der Waals surface area contributed by atoms with Gasteiger partial charge in [-0.05, 0) is 19.4 Å². The predicted octanol–water partition coefficient (Wildman–Crippen LogP) is 0.951. The average Bonchev–Trinajstić information content (AvgIpc) is 2.91. The highest BCUT2D eigenvalue weighted by molar-refractivity contribution is 6.00. The van der Waals surface area contributed by atoms with Crippen LogP contribution in [0.1, 0.15) is 43.8 Å². The number of aromatic amines is 1. The molecule has 106 valence electrons. The van der Waals surface area contributed by atoms with E-state index in [-0.39, 0.29) is 18.1 Å². The summed E-state index contributed by atoms with van der Waals surface area (Å²) < 4.78 is 4.79. The van der Waals surface area contributed by atoms with Gasteiger partial charge in [-0.2, -0.15) is 4.98 Å². The molecule has 0 saturated heterocycles. The molecular formula is C12H14N4O4. The Hall–Kier alpha value is -2.64. The minimum absolute atomic E-state index is 0.0167. The van der Waals surface area contributed by atoms with Crippen molar-refractivity contribution in [3.8, 4) is 0 Å². The van der Waals surface area contributed by atoms with Crippen LogP contribution in [0.2, 0.25) is 0 Å². The molecule has 0 aliphatic carbocycles. The highest BCUT2D eigenvalue weighted by Gasteiger charge is 2.21. The molecule has 8 nitrogen and oxygen atoms in total. The predicted molar refractivity (Wildman–Crippen MR) is 67.4 cm³/mol. The summed E-state index contributed by atoms with van der Waals surface area (Å²) in [6.45, 7) is 4.99. The lowest BCUT2D eigenvalue weighted by atomic mass is 10.1. The number of H-pyrrole nitrogens is 1. The molecule has 0 saturated carbocycles. The molecule has 0 atom stereocenters. The fourth-order valence-electron chi connectivity index (χ4n) is 1.97. The molecule has 0 unspecified atom stereocenters. The van der Waals surface area contributed by atoms with Gasteiger partial charge in [0, 0.05) is 12.6 Å². The average molecular weight is 278 g/mol. The van der Waals surface area contributed by atoms with E-state index in [0.29, 0.717) is 28.5 Å². The van der Waals surface area contributed by atoms with Gasteiger partial charge in [-0.25, -0.2) is 4.79 Å². The van der Waals surface area contributed by atoms with Gasteiger partial charge in [0.05, 0.1) is 12.1 Å². The number of amides is 1. The largest absolute Gasteiger partial charge is 0.477 e. The monoisotopic (exact) mass is 278 g/mol. The standard InChI is InChI=1S/C12H14N4O4/c1-5-9(6(2)14-10(5)12(18)19)11(17)13-4-8-15-7(3)20-16-8/h14H,4H2,1-3H3,(H,13,17)(H,18,19). The second-order valence-corrected chi connectivity index (χ2v) is 4.34. The van der Waals surface area contributed by atoms with Gasteiger partial charge in [0.2, 0.25) is 5.89 Å². The number of hydrogen-bond acceptors (Lipinski definition) is 5. The van der Waals surface area contributed by atoms with Crippen LogP contribution in [0.25, 0.3) is 0 Å². The molecule has 2 aromatic heterocycles. The zero-order valence-electron chi connectivity index (χ0n) is 11.3. The first-order chi connectivity index (χ1) is 9.40. The molecule has 0 spiro atoms. The molecule has 2 heterocycles. The summed E-state index contributed by atoms with van der Waals surface area (Å²) in [6.07, 6.45) is 0. The van der Waals surface area contributed by atoms with Crippen LogP contribution in [-0.4, -0.2) is 32.1 Å². The van der Waals surface area contributed by atoms with Gasteiger partial charge in [0.1, 0.15) is 5.69 Å². The Morgan fingerprint density at radius 3 is 2.55 bits per heavy atom. The Morgan fingerprint density at radius 2 is 2.05 bits per heavy atom. The molecule has 0 aromatic carbocycles. The maximum atomic E-state index is 12.1. The molecule has 20 heavy (non-hydrogen) atoms. The van der Waals surface area contributed by atoms with Gasteiger partial charge < -0.3 is 19.9 Å². The Balaban J connectivity index is 2.15. The number of carbonyl (C=O) groups is 2. The van der Waals surface area contributed by atoms with Gasteiger partial charge in [-0.1, -0.05) is 5.16 Å². The maximum absolute atomic E-state index is 12.1. The van der Waals surface area contributed by atoms with Crippen LogP contribution in [0.5, 0.6) is 0 Å². The van der Waals surface area contributed by atoms with Crippen molar-refractivity contribution in [1.29, 1.82) is 0 Å². The first-order valence-corrected chi connectivity index (χ1v) is 5.90. The number of carboxylic acids is 1. The number of nitrogens with zero attached hydrogens (tertiary/aromatic N) is 2. The molecule has 0 fully saturated rings. The summed E-state index contributed by atoms with van der Waals surface area (Å²) in [5.74, 6) is -0.707. The van der Waals surface area contributed by atoms with E-state index in [1.54, 1.807) is 20.8 Å². The smallest absolute Gasteiger partial charge is 0.352 e. The van der Waals surface area contributed by atoms with E-state index in [4.69, 9.17) is 9.63 Å². The van der Waals surface area contributed by atoms with Gasteiger partial charge in [-0.3, -0.25) is 4.79 Å². The number of carbonyl (C=O) groups excluding carboxylic acids is 1. The Morgan fingerprint density at radius 1 is 1.35 bits per heavy atom. The quantitative estimate of drug-likeness (QED) is 0.765. The SMILES string of the molecule is Cc1nc(CNC(=O)c2c(C)[nH]c(C(=O)O)c2C)no1. The molecule has 2 rings (SSSR count). The lowest BCUT2D eigenvalue weighted by Gasteiger charge is -2.03. The van der Waals surface area contributed by atoms with E-state index in [9.17, 15) is 9.59 Å². The van der Waals surface area contributed by atoms with Crippen molar-refractivity contribution in [2.24, 2.45) is 0 Å². The van der Waals surface area contributed by atoms with E-state index in [0.717, 1.165) is 0 Å². The summed E-state index contributed by atoms with van der Waals surface area (Å²) in [5.41, 5.74) is 1.24. The van der Waals surface area contributed by atoms with Crippen LogP contribution < -0.4 is 5.32 Å². The number of hydrogen-bond donors (Lipinski definition) is 3. The molecule has 1 amide bonds. The molecule has 0 aliphatic heterocycles. The number of rotatable bonds is 4.